The molecule has 1 saturated heterocycles. The van der Waals surface area contributed by atoms with Gasteiger partial charge in [-0.05, 0) is 24.7 Å². The van der Waals surface area contributed by atoms with Gasteiger partial charge in [0.05, 0.1) is 5.75 Å². The Morgan fingerprint density at radius 3 is 2.27 bits per heavy atom. The number of hydrogen-bond donors (Lipinski definition) is 1. The Kier molecular flexibility index (Phi) is 4.55. The van der Waals surface area contributed by atoms with Gasteiger partial charge < -0.3 is 5.11 Å². The molecule has 2 atom stereocenters. The van der Waals surface area contributed by atoms with Gasteiger partial charge in [-0.2, -0.15) is 0 Å². The normalized spacial score (nSPS) is 29.3. The summed E-state index contributed by atoms with van der Waals surface area (Å²) >= 11 is 0. The summed E-state index contributed by atoms with van der Waals surface area (Å²) in [4.78, 5) is 0. The van der Waals surface area contributed by atoms with E-state index in [0.29, 0.717) is 31.3 Å². The van der Waals surface area contributed by atoms with Gasteiger partial charge in [0.15, 0.2) is 0 Å². The summed E-state index contributed by atoms with van der Waals surface area (Å²) in [6.45, 7) is 5.39. The highest BCUT2D eigenvalue weighted by atomic mass is 32.2. The van der Waals surface area contributed by atoms with Crippen LogP contribution >= 0.6 is 0 Å². The van der Waals surface area contributed by atoms with Gasteiger partial charge in [-0.3, -0.25) is 0 Å². The van der Waals surface area contributed by atoms with E-state index in [9.17, 15) is 8.42 Å². The van der Waals surface area contributed by atoms with Crippen LogP contribution in [0.15, 0.2) is 0 Å². The summed E-state index contributed by atoms with van der Waals surface area (Å²) in [6.07, 6.45) is 1.44. The fraction of sp³-hybridized carbons (Fsp3) is 1.00. The van der Waals surface area contributed by atoms with E-state index in [1.807, 2.05) is 0 Å². The van der Waals surface area contributed by atoms with E-state index in [1.165, 1.54) is 0 Å². The lowest BCUT2D eigenvalue weighted by atomic mass is 9.94. The van der Waals surface area contributed by atoms with Crippen LogP contribution in [0.1, 0.15) is 26.7 Å². The molecule has 1 aliphatic heterocycles. The minimum Gasteiger partial charge on any atom is -0.396 e. The lowest BCUT2D eigenvalue weighted by molar-refractivity contribution is 0.221. The van der Waals surface area contributed by atoms with E-state index in [-0.39, 0.29) is 12.4 Å². The maximum absolute atomic E-state index is 11.9. The monoisotopic (exact) mass is 235 g/mol. The SMILES string of the molecule is CC1CC(C)CN(S(=O)(=O)CCCO)C1. The van der Waals surface area contributed by atoms with Gasteiger partial charge in [0.25, 0.3) is 0 Å². The first-order valence-electron chi connectivity index (χ1n) is 5.54. The second kappa shape index (κ2) is 5.27. The van der Waals surface area contributed by atoms with Crippen molar-refractivity contribution in [2.45, 2.75) is 26.7 Å². The third-order valence-corrected chi connectivity index (χ3v) is 4.68. The van der Waals surface area contributed by atoms with Crippen molar-refractivity contribution in [2.75, 3.05) is 25.4 Å². The van der Waals surface area contributed by atoms with E-state index < -0.39 is 10.0 Å². The van der Waals surface area contributed by atoms with Gasteiger partial charge in [-0.25, -0.2) is 12.7 Å². The predicted octanol–water partition coefficient (Wildman–Crippen LogP) is 0.676. The lowest BCUT2D eigenvalue weighted by Crippen LogP contribution is -2.43. The van der Waals surface area contributed by atoms with Crippen LogP contribution in [0.5, 0.6) is 0 Å². The van der Waals surface area contributed by atoms with Crippen molar-refractivity contribution < 1.29 is 13.5 Å². The Morgan fingerprint density at radius 1 is 1.27 bits per heavy atom. The molecule has 2 unspecified atom stereocenters. The number of aliphatic hydroxyl groups excluding tert-OH is 1. The molecule has 0 aromatic carbocycles. The van der Waals surface area contributed by atoms with E-state index >= 15 is 0 Å². The van der Waals surface area contributed by atoms with Crippen LogP contribution in [0.4, 0.5) is 0 Å². The molecule has 0 spiro atoms. The summed E-state index contributed by atoms with van der Waals surface area (Å²) in [7, 11) is -3.14. The van der Waals surface area contributed by atoms with Crippen LogP contribution in [0, 0.1) is 11.8 Å². The number of sulfonamides is 1. The largest absolute Gasteiger partial charge is 0.396 e. The molecule has 1 N–H and O–H groups in total. The molecule has 4 nitrogen and oxygen atoms in total. The number of piperidine rings is 1. The van der Waals surface area contributed by atoms with Crippen LogP contribution in [-0.2, 0) is 10.0 Å². The Balaban J connectivity index is 2.61. The van der Waals surface area contributed by atoms with Crippen molar-refractivity contribution in [1.29, 1.82) is 0 Å². The van der Waals surface area contributed by atoms with Crippen molar-refractivity contribution in [3.05, 3.63) is 0 Å². The first-order valence-corrected chi connectivity index (χ1v) is 7.15. The van der Waals surface area contributed by atoms with Crippen LogP contribution in [0.3, 0.4) is 0 Å². The van der Waals surface area contributed by atoms with Crippen LogP contribution < -0.4 is 0 Å². The highest BCUT2D eigenvalue weighted by Gasteiger charge is 2.29. The molecule has 15 heavy (non-hydrogen) atoms. The Bertz CT molecular complexity index is 279. The number of nitrogens with zero attached hydrogens (tertiary/aromatic N) is 1. The number of aliphatic hydroxyl groups is 1. The van der Waals surface area contributed by atoms with E-state index in [2.05, 4.69) is 13.8 Å². The molecule has 0 amide bonds. The van der Waals surface area contributed by atoms with E-state index in [0.717, 1.165) is 6.42 Å². The number of hydrogen-bond acceptors (Lipinski definition) is 3. The molecule has 0 radical (unpaired) electrons. The van der Waals surface area contributed by atoms with Gasteiger partial charge in [-0.15, -0.1) is 0 Å². The molecule has 90 valence electrons. The number of rotatable bonds is 4. The van der Waals surface area contributed by atoms with E-state index in [1.54, 1.807) is 4.31 Å². The standard InChI is InChI=1S/C10H21NO3S/c1-9-6-10(2)8-11(7-9)15(13,14)5-3-4-12/h9-10,12H,3-8H2,1-2H3. The third-order valence-electron chi connectivity index (χ3n) is 2.79. The molecule has 5 heteroatoms. The minimum absolute atomic E-state index is 0.0574. The molecular formula is C10H21NO3S. The average molecular weight is 235 g/mol. The molecule has 0 bridgehead atoms. The smallest absolute Gasteiger partial charge is 0.214 e. The first kappa shape index (κ1) is 12.9. The Hall–Kier alpha value is -0.130. The zero-order valence-corrected chi connectivity index (χ0v) is 10.3. The quantitative estimate of drug-likeness (QED) is 0.779. The summed E-state index contributed by atoms with van der Waals surface area (Å²) < 4.78 is 25.3. The molecule has 0 aromatic rings. The molecule has 1 heterocycles. The molecule has 0 aromatic heterocycles. The van der Waals surface area contributed by atoms with Crippen molar-refractivity contribution in [3.63, 3.8) is 0 Å². The van der Waals surface area contributed by atoms with Gasteiger partial charge in [-0.1, -0.05) is 13.8 Å². The third kappa shape index (κ3) is 3.74. The maximum Gasteiger partial charge on any atom is 0.214 e. The van der Waals surface area contributed by atoms with Gasteiger partial charge >= 0.3 is 0 Å². The van der Waals surface area contributed by atoms with E-state index in [4.69, 9.17) is 5.11 Å². The Morgan fingerprint density at radius 2 is 1.80 bits per heavy atom. The Labute approximate surface area is 92.3 Å². The lowest BCUT2D eigenvalue weighted by Gasteiger charge is -2.34. The fourth-order valence-corrected chi connectivity index (χ4v) is 3.92. The zero-order chi connectivity index (χ0) is 11.5. The van der Waals surface area contributed by atoms with Crippen molar-refractivity contribution >= 4 is 10.0 Å². The fourth-order valence-electron chi connectivity index (χ4n) is 2.21. The predicted molar refractivity (Wildman–Crippen MR) is 60.0 cm³/mol. The summed E-state index contributed by atoms with van der Waals surface area (Å²) in [5, 5.41) is 8.65. The van der Waals surface area contributed by atoms with Crippen molar-refractivity contribution in [1.82, 2.24) is 4.31 Å². The molecule has 1 fully saturated rings. The molecular weight excluding hydrogens is 214 g/mol. The minimum atomic E-state index is -3.14. The second-order valence-corrected chi connectivity index (χ2v) is 6.74. The van der Waals surface area contributed by atoms with Crippen LogP contribution in [0.2, 0.25) is 0 Å². The topological polar surface area (TPSA) is 57.6 Å². The highest BCUT2D eigenvalue weighted by Crippen LogP contribution is 2.23. The average Bonchev–Trinajstić information content (AvgIpc) is 2.13. The first-order chi connectivity index (χ1) is 6.95. The van der Waals surface area contributed by atoms with Crippen LogP contribution in [0.25, 0.3) is 0 Å². The zero-order valence-electron chi connectivity index (χ0n) is 9.52. The van der Waals surface area contributed by atoms with Gasteiger partial charge in [0, 0.05) is 19.7 Å². The summed E-state index contributed by atoms with van der Waals surface area (Å²) in [6, 6.07) is 0. The van der Waals surface area contributed by atoms with Crippen molar-refractivity contribution in [3.8, 4) is 0 Å². The second-order valence-electron chi connectivity index (χ2n) is 4.66. The maximum atomic E-state index is 11.9. The highest BCUT2D eigenvalue weighted by molar-refractivity contribution is 7.89. The molecule has 0 aliphatic carbocycles. The van der Waals surface area contributed by atoms with Gasteiger partial charge in [0.1, 0.15) is 0 Å². The van der Waals surface area contributed by atoms with Crippen molar-refractivity contribution in [2.24, 2.45) is 11.8 Å². The summed E-state index contributed by atoms with van der Waals surface area (Å²) in [5.41, 5.74) is 0. The van der Waals surface area contributed by atoms with Crippen LogP contribution in [-0.4, -0.2) is 43.3 Å². The van der Waals surface area contributed by atoms with Gasteiger partial charge in [0.2, 0.25) is 10.0 Å². The summed E-state index contributed by atoms with van der Waals surface area (Å²) in [5.74, 6) is 0.957. The molecule has 0 saturated carbocycles. The molecule has 1 aliphatic rings. The molecule has 1 rings (SSSR count).